The van der Waals surface area contributed by atoms with Crippen LogP contribution in [-0.4, -0.2) is 13.2 Å². The molecule has 3 heteroatoms. The van der Waals surface area contributed by atoms with E-state index in [1.807, 2.05) is 0 Å². The summed E-state index contributed by atoms with van der Waals surface area (Å²) in [6, 6.07) is 8.36. The van der Waals surface area contributed by atoms with Crippen LogP contribution in [0.2, 0.25) is 0 Å². The maximum Gasteiger partial charge on any atom is 0.135 e. The van der Waals surface area contributed by atoms with Gasteiger partial charge in [0.05, 0.1) is 13.2 Å². The summed E-state index contributed by atoms with van der Waals surface area (Å²) in [4.78, 5) is 0. The summed E-state index contributed by atoms with van der Waals surface area (Å²) in [5.74, 6) is 1.88. The van der Waals surface area contributed by atoms with Gasteiger partial charge in [-0.05, 0) is 62.1 Å². The zero-order valence-corrected chi connectivity index (χ0v) is 15.8. The van der Waals surface area contributed by atoms with Gasteiger partial charge in [-0.3, -0.25) is 0 Å². The molecule has 0 atom stereocenters. The van der Waals surface area contributed by atoms with E-state index in [4.69, 9.17) is 13.9 Å². The number of benzene rings is 2. The Kier molecular flexibility index (Phi) is 5.52. The van der Waals surface area contributed by atoms with Gasteiger partial charge in [0.1, 0.15) is 22.7 Å². The van der Waals surface area contributed by atoms with Gasteiger partial charge in [-0.15, -0.1) is 0 Å². The Labute approximate surface area is 149 Å². The normalized spacial score (nSPS) is 11.4. The molecule has 0 fully saturated rings. The number of hydrogen-bond acceptors (Lipinski definition) is 3. The largest absolute Gasteiger partial charge is 0.493 e. The molecule has 2 aromatic carbocycles. The number of rotatable bonds is 8. The second-order valence-electron chi connectivity index (χ2n) is 6.73. The van der Waals surface area contributed by atoms with E-state index in [1.165, 1.54) is 0 Å². The lowest BCUT2D eigenvalue weighted by Gasteiger charge is -2.09. The molecule has 0 spiro atoms. The topological polar surface area (TPSA) is 31.6 Å². The Hall–Kier alpha value is -2.16. The Morgan fingerprint density at radius 1 is 0.720 bits per heavy atom. The van der Waals surface area contributed by atoms with E-state index in [0.29, 0.717) is 0 Å². The standard InChI is InChI=1S/C22H28O3/c1-5-7-9-23-19-13-17-18-14-20(24-10-8-6-2)16(4)12-22(18)25-21(17)11-15(19)3/h11-14H,5-10H2,1-4H3. The molecule has 0 saturated heterocycles. The summed E-state index contributed by atoms with van der Waals surface area (Å²) >= 11 is 0. The van der Waals surface area contributed by atoms with Crippen LogP contribution < -0.4 is 9.47 Å². The SMILES string of the molecule is CCCCOc1cc2c(cc1C)oc1cc(C)c(OCCCC)cc12. The molecule has 0 aliphatic rings. The molecule has 0 bridgehead atoms. The molecular weight excluding hydrogens is 312 g/mol. The summed E-state index contributed by atoms with van der Waals surface area (Å²) in [7, 11) is 0. The third kappa shape index (κ3) is 3.76. The first kappa shape index (κ1) is 17.7. The Morgan fingerprint density at radius 2 is 1.16 bits per heavy atom. The third-order valence-corrected chi connectivity index (χ3v) is 4.58. The fourth-order valence-electron chi connectivity index (χ4n) is 3.00. The number of hydrogen-bond donors (Lipinski definition) is 0. The quantitative estimate of drug-likeness (QED) is 0.435. The van der Waals surface area contributed by atoms with Crippen LogP contribution >= 0.6 is 0 Å². The van der Waals surface area contributed by atoms with Crippen molar-refractivity contribution in [2.24, 2.45) is 0 Å². The summed E-state index contributed by atoms with van der Waals surface area (Å²) < 4.78 is 18.0. The Bertz CT molecular complexity index is 790. The second-order valence-corrected chi connectivity index (χ2v) is 6.73. The predicted octanol–water partition coefficient (Wildman–Crippen LogP) is 6.56. The van der Waals surface area contributed by atoms with Crippen molar-refractivity contribution in [3.05, 3.63) is 35.4 Å². The highest BCUT2D eigenvalue weighted by atomic mass is 16.5. The average Bonchev–Trinajstić information content (AvgIpc) is 2.91. The lowest BCUT2D eigenvalue weighted by Crippen LogP contribution is -1.98. The van der Waals surface area contributed by atoms with E-state index < -0.39 is 0 Å². The molecule has 0 amide bonds. The van der Waals surface area contributed by atoms with Crippen molar-refractivity contribution >= 4 is 21.9 Å². The molecule has 0 aliphatic heterocycles. The van der Waals surface area contributed by atoms with Crippen LogP contribution in [0.4, 0.5) is 0 Å². The summed E-state index contributed by atoms with van der Waals surface area (Å²) in [6.45, 7) is 9.99. The molecule has 0 saturated carbocycles. The fourth-order valence-corrected chi connectivity index (χ4v) is 3.00. The average molecular weight is 340 g/mol. The van der Waals surface area contributed by atoms with E-state index in [2.05, 4.69) is 52.0 Å². The van der Waals surface area contributed by atoms with Crippen LogP contribution in [0, 0.1) is 13.8 Å². The fraction of sp³-hybridized carbons (Fsp3) is 0.455. The van der Waals surface area contributed by atoms with E-state index in [1.54, 1.807) is 0 Å². The number of fused-ring (bicyclic) bond motifs is 3. The Balaban J connectivity index is 2.01. The number of ether oxygens (including phenoxy) is 2. The first-order valence-electron chi connectivity index (χ1n) is 9.37. The minimum Gasteiger partial charge on any atom is -0.493 e. The number of aryl methyl sites for hydroxylation is 2. The molecule has 3 nitrogen and oxygen atoms in total. The summed E-state index contributed by atoms with van der Waals surface area (Å²) in [5.41, 5.74) is 4.03. The van der Waals surface area contributed by atoms with Gasteiger partial charge >= 0.3 is 0 Å². The lowest BCUT2D eigenvalue weighted by molar-refractivity contribution is 0.307. The summed E-state index contributed by atoms with van der Waals surface area (Å²) in [5, 5.41) is 2.18. The molecule has 3 aromatic rings. The molecule has 25 heavy (non-hydrogen) atoms. The number of unbranched alkanes of at least 4 members (excludes halogenated alkanes) is 2. The first-order chi connectivity index (χ1) is 12.1. The van der Waals surface area contributed by atoms with Crippen molar-refractivity contribution < 1.29 is 13.9 Å². The highest BCUT2D eigenvalue weighted by molar-refractivity contribution is 6.06. The van der Waals surface area contributed by atoms with Gasteiger partial charge in [-0.2, -0.15) is 0 Å². The van der Waals surface area contributed by atoms with Gasteiger partial charge in [-0.25, -0.2) is 0 Å². The smallest absolute Gasteiger partial charge is 0.135 e. The van der Waals surface area contributed by atoms with Gasteiger partial charge < -0.3 is 13.9 Å². The highest BCUT2D eigenvalue weighted by Crippen LogP contribution is 2.37. The van der Waals surface area contributed by atoms with Crippen LogP contribution in [0.3, 0.4) is 0 Å². The highest BCUT2D eigenvalue weighted by Gasteiger charge is 2.13. The maximum atomic E-state index is 6.06. The number of furan rings is 1. The van der Waals surface area contributed by atoms with Crippen molar-refractivity contribution in [3.63, 3.8) is 0 Å². The minimum absolute atomic E-state index is 0.753. The van der Waals surface area contributed by atoms with Crippen molar-refractivity contribution in [3.8, 4) is 11.5 Å². The van der Waals surface area contributed by atoms with E-state index in [-0.39, 0.29) is 0 Å². The molecule has 0 N–H and O–H groups in total. The predicted molar refractivity (Wildman–Crippen MR) is 104 cm³/mol. The van der Waals surface area contributed by atoms with E-state index >= 15 is 0 Å². The van der Waals surface area contributed by atoms with Gasteiger partial charge in [0.15, 0.2) is 0 Å². The van der Waals surface area contributed by atoms with Crippen molar-refractivity contribution in [1.29, 1.82) is 0 Å². The Morgan fingerprint density at radius 3 is 1.56 bits per heavy atom. The maximum absolute atomic E-state index is 6.06. The van der Waals surface area contributed by atoms with Crippen molar-refractivity contribution in [2.75, 3.05) is 13.2 Å². The third-order valence-electron chi connectivity index (χ3n) is 4.58. The molecule has 0 radical (unpaired) electrons. The minimum atomic E-state index is 0.753. The van der Waals surface area contributed by atoms with Crippen LogP contribution in [-0.2, 0) is 0 Å². The van der Waals surface area contributed by atoms with Crippen LogP contribution in [0.15, 0.2) is 28.7 Å². The molecular formula is C22H28O3. The van der Waals surface area contributed by atoms with Crippen LogP contribution in [0.25, 0.3) is 21.9 Å². The lowest BCUT2D eigenvalue weighted by atomic mass is 10.1. The summed E-state index contributed by atoms with van der Waals surface area (Å²) in [6.07, 6.45) is 4.40. The van der Waals surface area contributed by atoms with Gasteiger partial charge in [0.25, 0.3) is 0 Å². The molecule has 0 aliphatic carbocycles. The molecule has 1 aromatic heterocycles. The zero-order chi connectivity index (χ0) is 17.8. The van der Waals surface area contributed by atoms with Gasteiger partial charge in [0.2, 0.25) is 0 Å². The first-order valence-corrected chi connectivity index (χ1v) is 9.37. The second kappa shape index (κ2) is 7.81. The molecule has 1 heterocycles. The van der Waals surface area contributed by atoms with E-state index in [9.17, 15) is 0 Å². The molecule has 0 unspecified atom stereocenters. The van der Waals surface area contributed by atoms with Crippen molar-refractivity contribution in [2.45, 2.75) is 53.4 Å². The zero-order valence-electron chi connectivity index (χ0n) is 15.8. The molecule has 134 valence electrons. The monoisotopic (exact) mass is 340 g/mol. The van der Waals surface area contributed by atoms with E-state index in [0.717, 1.165) is 83.5 Å². The van der Waals surface area contributed by atoms with Gasteiger partial charge in [0, 0.05) is 10.8 Å². The van der Waals surface area contributed by atoms with Crippen LogP contribution in [0.1, 0.15) is 50.7 Å². The van der Waals surface area contributed by atoms with Crippen molar-refractivity contribution in [1.82, 2.24) is 0 Å². The van der Waals surface area contributed by atoms with Gasteiger partial charge in [-0.1, -0.05) is 26.7 Å². The van der Waals surface area contributed by atoms with Crippen LogP contribution in [0.5, 0.6) is 11.5 Å². The molecule has 3 rings (SSSR count).